The molecule has 2 heterocycles. The minimum Gasteiger partial charge on any atom is -0.476 e. The second-order valence-electron chi connectivity index (χ2n) is 3.03. The molecule has 2 aromatic heterocycles. The molecule has 0 spiro atoms. The van der Waals surface area contributed by atoms with E-state index in [9.17, 15) is 4.79 Å². The first kappa shape index (κ1) is 9.21. The maximum Gasteiger partial charge on any atom is 0.356 e. The van der Waals surface area contributed by atoms with Gasteiger partial charge in [0.1, 0.15) is 4.60 Å². The Morgan fingerprint density at radius 2 is 2.21 bits per heavy atom. The molecule has 0 atom stereocenters. The predicted molar refractivity (Wildman–Crippen MR) is 54.6 cm³/mol. The first-order valence-corrected chi connectivity index (χ1v) is 4.76. The molecule has 2 aromatic rings. The van der Waals surface area contributed by atoms with Crippen LogP contribution in [0.15, 0.2) is 22.8 Å². The summed E-state index contributed by atoms with van der Waals surface area (Å²) in [7, 11) is 0. The maximum atomic E-state index is 10.7. The number of carboxylic acids is 1. The molecule has 72 valence electrons. The average molecular weight is 255 g/mol. The lowest BCUT2D eigenvalue weighted by molar-refractivity contribution is 0.0690. The standard InChI is InChI=1S/C9H7BrN2O2/c1-5-2-6-4-7(9(13)14)11-12(6)8(10)3-5/h2-4H,1H3,(H,13,14). The molecule has 0 unspecified atom stereocenters. The van der Waals surface area contributed by atoms with Crippen molar-refractivity contribution in [1.82, 2.24) is 9.61 Å². The Kier molecular flexibility index (Phi) is 2.03. The van der Waals surface area contributed by atoms with Crippen LogP contribution in [0.25, 0.3) is 5.52 Å². The Hall–Kier alpha value is -1.36. The second kappa shape index (κ2) is 3.09. The molecular weight excluding hydrogens is 248 g/mol. The summed E-state index contributed by atoms with van der Waals surface area (Å²) in [5, 5.41) is 12.7. The van der Waals surface area contributed by atoms with Crippen LogP contribution in [0, 0.1) is 6.92 Å². The molecule has 0 aromatic carbocycles. The molecule has 4 nitrogen and oxygen atoms in total. The number of aryl methyl sites for hydroxylation is 1. The molecular formula is C9H7BrN2O2. The van der Waals surface area contributed by atoms with E-state index in [4.69, 9.17) is 5.11 Å². The number of nitrogens with zero attached hydrogens (tertiary/aromatic N) is 2. The van der Waals surface area contributed by atoms with Crippen molar-refractivity contribution in [2.45, 2.75) is 6.92 Å². The topological polar surface area (TPSA) is 54.6 Å². The summed E-state index contributed by atoms with van der Waals surface area (Å²) in [6.45, 7) is 1.94. The number of hydrogen-bond acceptors (Lipinski definition) is 2. The number of rotatable bonds is 1. The van der Waals surface area contributed by atoms with Crippen LogP contribution in [0.2, 0.25) is 0 Å². The van der Waals surface area contributed by atoms with E-state index >= 15 is 0 Å². The van der Waals surface area contributed by atoms with Crippen molar-refractivity contribution >= 4 is 27.4 Å². The molecule has 0 bridgehead atoms. The fourth-order valence-electron chi connectivity index (χ4n) is 1.30. The Morgan fingerprint density at radius 3 is 2.86 bits per heavy atom. The quantitative estimate of drug-likeness (QED) is 0.794. The van der Waals surface area contributed by atoms with Gasteiger partial charge in [0.15, 0.2) is 5.69 Å². The molecule has 0 saturated heterocycles. The predicted octanol–water partition coefficient (Wildman–Crippen LogP) is 2.10. The molecule has 0 radical (unpaired) electrons. The van der Waals surface area contributed by atoms with Gasteiger partial charge in [0.2, 0.25) is 0 Å². The van der Waals surface area contributed by atoms with E-state index in [2.05, 4.69) is 21.0 Å². The van der Waals surface area contributed by atoms with E-state index in [0.29, 0.717) is 0 Å². The first-order valence-electron chi connectivity index (χ1n) is 3.97. The van der Waals surface area contributed by atoms with Gasteiger partial charge in [-0.05, 0) is 46.6 Å². The van der Waals surface area contributed by atoms with Gasteiger partial charge in [-0.1, -0.05) is 0 Å². The maximum absolute atomic E-state index is 10.7. The molecule has 14 heavy (non-hydrogen) atoms. The fourth-order valence-corrected chi connectivity index (χ4v) is 1.94. The van der Waals surface area contributed by atoms with Gasteiger partial charge < -0.3 is 5.11 Å². The highest BCUT2D eigenvalue weighted by molar-refractivity contribution is 9.10. The minimum atomic E-state index is -1.02. The number of carboxylic acid groups (broad SMARTS) is 1. The zero-order valence-corrected chi connectivity index (χ0v) is 8.95. The molecule has 0 aliphatic carbocycles. The zero-order valence-electron chi connectivity index (χ0n) is 7.36. The van der Waals surface area contributed by atoms with Crippen LogP contribution >= 0.6 is 15.9 Å². The van der Waals surface area contributed by atoms with Crippen molar-refractivity contribution in [3.8, 4) is 0 Å². The van der Waals surface area contributed by atoms with Gasteiger partial charge in [0, 0.05) is 0 Å². The average Bonchev–Trinajstić information content (AvgIpc) is 2.47. The fraction of sp³-hybridized carbons (Fsp3) is 0.111. The summed E-state index contributed by atoms with van der Waals surface area (Å²) >= 11 is 3.32. The van der Waals surface area contributed by atoms with Crippen molar-refractivity contribution < 1.29 is 9.90 Å². The van der Waals surface area contributed by atoms with Gasteiger partial charge in [-0.3, -0.25) is 0 Å². The smallest absolute Gasteiger partial charge is 0.356 e. The van der Waals surface area contributed by atoms with Gasteiger partial charge in [-0.25, -0.2) is 9.31 Å². The van der Waals surface area contributed by atoms with Crippen molar-refractivity contribution in [3.05, 3.63) is 34.1 Å². The Bertz CT molecular complexity index is 519. The number of aromatic nitrogens is 2. The number of aromatic carboxylic acids is 1. The van der Waals surface area contributed by atoms with E-state index in [1.54, 1.807) is 10.6 Å². The molecule has 1 N–H and O–H groups in total. The number of fused-ring (bicyclic) bond motifs is 1. The summed E-state index contributed by atoms with van der Waals surface area (Å²) in [6, 6.07) is 5.30. The van der Waals surface area contributed by atoms with Gasteiger partial charge >= 0.3 is 5.97 Å². The van der Waals surface area contributed by atoms with Crippen LogP contribution in [-0.2, 0) is 0 Å². The van der Waals surface area contributed by atoms with Crippen molar-refractivity contribution in [1.29, 1.82) is 0 Å². The lowest BCUT2D eigenvalue weighted by Gasteiger charge is -1.98. The SMILES string of the molecule is Cc1cc(Br)n2nc(C(=O)O)cc2c1. The molecule has 0 aliphatic rings. The van der Waals surface area contributed by atoms with Crippen LogP contribution in [0.5, 0.6) is 0 Å². The van der Waals surface area contributed by atoms with Crippen LogP contribution in [0.3, 0.4) is 0 Å². The molecule has 0 aliphatic heterocycles. The van der Waals surface area contributed by atoms with Crippen LogP contribution in [0.4, 0.5) is 0 Å². The third-order valence-corrected chi connectivity index (χ3v) is 2.45. The monoisotopic (exact) mass is 254 g/mol. The van der Waals surface area contributed by atoms with Crippen molar-refractivity contribution in [2.24, 2.45) is 0 Å². The normalized spacial score (nSPS) is 10.7. The van der Waals surface area contributed by atoms with Crippen molar-refractivity contribution in [2.75, 3.05) is 0 Å². The number of pyridine rings is 1. The molecule has 0 fully saturated rings. The lowest BCUT2D eigenvalue weighted by Crippen LogP contribution is -1.98. The second-order valence-corrected chi connectivity index (χ2v) is 3.84. The van der Waals surface area contributed by atoms with E-state index in [1.807, 2.05) is 19.1 Å². The first-order chi connectivity index (χ1) is 6.58. The molecule has 0 saturated carbocycles. The summed E-state index contributed by atoms with van der Waals surface area (Å²) in [6.07, 6.45) is 0. The van der Waals surface area contributed by atoms with Crippen LogP contribution in [0.1, 0.15) is 16.1 Å². The highest BCUT2D eigenvalue weighted by Gasteiger charge is 2.10. The Morgan fingerprint density at radius 1 is 1.50 bits per heavy atom. The molecule has 0 amide bonds. The highest BCUT2D eigenvalue weighted by atomic mass is 79.9. The highest BCUT2D eigenvalue weighted by Crippen LogP contribution is 2.17. The van der Waals surface area contributed by atoms with E-state index in [0.717, 1.165) is 15.7 Å². The number of carbonyl (C=O) groups is 1. The van der Waals surface area contributed by atoms with Crippen LogP contribution < -0.4 is 0 Å². The zero-order chi connectivity index (χ0) is 10.3. The molecule has 2 rings (SSSR count). The van der Waals surface area contributed by atoms with Gasteiger partial charge in [0.25, 0.3) is 0 Å². The van der Waals surface area contributed by atoms with E-state index in [-0.39, 0.29) is 5.69 Å². The largest absolute Gasteiger partial charge is 0.476 e. The summed E-state index contributed by atoms with van der Waals surface area (Å²) in [5.41, 5.74) is 1.88. The van der Waals surface area contributed by atoms with Crippen molar-refractivity contribution in [3.63, 3.8) is 0 Å². The van der Waals surface area contributed by atoms with Gasteiger partial charge in [-0.15, -0.1) is 0 Å². The van der Waals surface area contributed by atoms with E-state index < -0.39 is 5.97 Å². The lowest BCUT2D eigenvalue weighted by atomic mass is 10.2. The minimum absolute atomic E-state index is 0.0521. The van der Waals surface area contributed by atoms with Crippen LogP contribution in [-0.4, -0.2) is 20.7 Å². The van der Waals surface area contributed by atoms with Gasteiger partial charge in [-0.2, -0.15) is 5.10 Å². The number of halogens is 1. The Balaban J connectivity index is 2.76. The number of hydrogen-bond donors (Lipinski definition) is 1. The summed E-state index contributed by atoms with van der Waals surface area (Å²) in [4.78, 5) is 10.7. The summed E-state index contributed by atoms with van der Waals surface area (Å²) in [5.74, 6) is -1.02. The van der Waals surface area contributed by atoms with Gasteiger partial charge in [0.05, 0.1) is 5.52 Å². The molecule has 5 heteroatoms. The third-order valence-electron chi connectivity index (χ3n) is 1.88. The third kappa shape index (κ3) is 1.39. The Labute approximate surface area is 88.3 Å². The summed E-state index contributed by atoms with van der Waals surface area (Å²) < 4.78 is 2.30. The van der Waals surface area contributed by atoms with E-state index in [1.165, 1.54) is 0 Å².